The van der Waals surface area contributed by atoms with Crippen molar-refractivity contribution in [2.45, 2.75) is 37.8 Å². The van der Waals surface area contributed by atoms with Gasteiger partial charge in [-0.2, -0.15) is 0 Å². The molecule has 1 aliphatic carbocycles. The number of rotatable bonds is 6. The molecule has 4 nitrogen and oxygen atoms in total. The number of hydrogen-bond donors (Lipinski definition) is 2. The molecule has 1 saturated carbocycles. The Balaban J connectivity index is 1.89. The number of nitrogens with one attached hydrogen (secondary N) is 1. The van der Waals surface area contributed by atoms with E-state index in [1.54, 1.807) is 30.1 Å². The van der Waals surface area contributed by atoms with Crippen LogP contribution in [-0.2, 0) is 11.3 Å². The molecule has 1 aromatic rings. The van der Waals surface area contributed by atoms with Crippen molar-refractivity contribution in [3.05, 3.63) is 33.8 Å². The van der Waals surface area contributed by atoms with Crippen molar-refractivity contribution in [1.29, 1.82) is 0 Å². The first-order valence-electron chi connectivity index (χ1n) is 7.49. The Bertz CT molecular complexity index is 511. The molecule has 0 aromatic heterocycles. The van der Waals surface area contributed by atoms with Gasteiger partial charge in [0.05, 0.1) is 13.2 Å². The fraction of sp³-hybridized carbons (Fsp3) is 0.562. The second-order valence-electron chi connectivity index (χ2n) is 6.03. The minimum absolute atomic E-state index is 0.0178. The Kier molecular flexibility index (Phi) is 6.09. The zero-order valence-electron chi connectivity index (χ0n) is 12.7. The van der Waals surface area contributed by atoms with Gasteiger partial charge in [0.15, 0.2) is 0 Å². The van der Waals surface area contributed by atoms with Crippen molar-refractivity contribution in [2.75, 3.05) is 20.2 Å². The van der Waals surface area contributed by atoms with Gasteiger partial charge in [-0.15, -0.1) is 0 Å². The number of nitrogens with zero attached hydrogens (tertiary/aromatic N) is 1. The summed E-state index contributed by atoms with van der Waals surface area (Å²) < 4.78 is 0. The minimum Gasteiger partial charge on any atom is -0.394 e. The van der Waals surface area contributed by atoms with Gasteiger partial charge in [0.25, 0.3) is 0 Å². The molecule has 0 unspecified atom stereocenters. The van der Waals surface area contributed by atoms with Gasteiger partial charge in [-0.1, -0.05) is 36.0 Å². The van der Waals surface area contributed by atoms with E-state index in [2.05, 4.69) is 5.32 Å². The van der Waals surface area contributed by atoms with E-state index in [0.717, 1.165) is 31.2 Å². The summed E-state index contributed by atoms with van der Waals surface area (Å²) >= 11 is 11.9. The zero-order chi connectivity index (χ0) is 16.2. The van der Waals surface area contributed by atoms with Crippen molar-refractivity contribution >= 4 is 29.1 Å². The molecule has 0 heterocycles. The van der Waals surface area contributed by atoms with Gasteiger partial charge >= 0.3 is 0 Å². The van der Waals surface area contributed by atoms with E-state index in [9.17, 15) is 9.90 Å². The van der Waals surface area contributed by atoms with Crippen molar-refractivity contribution in [3.8, 4) is 0 Å². The SMILES string of the molecule is CN(Cc1cc(Cl)cc(Cl)c1)C(=O)CNC1(CO)CCCC1. The lowest BCUT2D eigenvalue weighted by atomic mass is 9.99. The van der Waals surface area contributed by atoms with Crippen LogP contribution in [0.4, 0.5) is 0 Å². The van der Waals surface area contributed by atoms with E-state index in [1.807, 2.05) is 0 Å². The van der Waals surface area contributed by atoms with Gasteiger partial charge in [-0.25, -0.2) is 0 Å². The number of aliphatic hydroxyl groups is 1. The summed E-state index contributed by atoms with van der Waals surface area (Å²) in [6, 6.07) is 5.27. The first-order chi connectivity index (χ1) is 10.4. The number of halogens is 2. The van der Waals surface area contributed by atoms with Gasteiger partial charge in [0.1, 0.15) is 0 Å². The van der Waals surface area contributed by atoms with Crippen LogP contribution in [0.15, 0.2) is 18.2 Å². The summed E-state index contributed by atoms with van der Waals surface area (Å²) in [5.74, 6) is -0.0178. The van der Waals surface area contributed by atoms with Crippen LogP contribution < -0.4 is 5.32 Å². The molecule has 0 spiro atoms. The molecule has 122 valence electrons. The first-order valence-corrected chi connectivity index (χ1v) is 8.24. The predicted molar refractivity (Wildman–Crippen MR) is 89.2 cm³/mol. The van der Waals surface area contributed by atoms with Crippen molar-refractivity contribution in [3.63, 3.8) is 0 Å². The van der Waals surface area contributed by atoms with Crippen molar-refractivity contribution < 1.29 is 9.90 Å². The molecule has 0 aliphatic heterocycles. The van der Waals surface area contributed by atoms with Crippen molar-refractivity contribution in [2.24, 2.45) is 0 Å². The third kappa shape index (κ3) is 4.59. The zero-order valence-corrected chi connectivity index (χ0v) is 14.3. The molecule has 22 heavy (non-hydrogen) atoms. The largest absolute Gasteiger partial charge is 0.394 e. The molecule has 1 aliphatic rings. The molecule has 6 heteroatoms. The lowest BCUT2D eigenvalue weighted by Crippen LogP contribution is -2.50. The van der Waals surface area contributed by atoms with Crippen LogP contribution in [0.1, 0.15) is 31.2 Å². The molecule has 1 aromatic carbocycles. The van der Waals surface area contributed by atoms with Crippen LogP contribution in [0.3, 0.4) is 0 Å². The quantitative estimate of drug-likeness (QED) is 0.834. The summed E-state index contributed by atoms with van der Waals surface area (Å²) in [6.07, 6.45) is 4.03. The molecule has 1 amide bonds. The van der Waals surface area contributed by atoms with Crippen molar-refractivity contribution in [1.82, 2.24) is 10.2 Å². The Hall–Kier alpha value is -0.810. The van der Waals surface area contributed by atoms with E-state index in [1.165, 1.54) is 0 Å². The standard InChI is InChI=1S/C16H22Cl2N2O2/c1-20(10-12-6-13(17)8-14(18)7-12)15(22)9-19-16(11-21)4-2-3-5-16/h6-8,19,21H,2-5,9-11H2,1H3. The maximum atomic E-state index is 12.2. The summed E-state index contributed by atoms with van der Waals surface area (Å²) in [5, 5.41) is 13.9. The van der Waals surface area contributed by atoms with Crippen LogP contribution in [-0.4, -0.2) is 41.7 Å². The molecule has 1 fully saturated rings. The Morgan fingerprint density at radius 2 is 1.86 bits per heavy atom. The molecule has 0 saturated heterocycles. The van der Waals surface area contributed by atoms with E-state index in [-0.39, 0.29) is 24.6 Å². The highest BCUT2D eigenvalue weighted by molar-refractivity contribution is 6.34. The number of hydrogen-bond acceptors (Lipinski definition) is 3. The lowest BCUT2D eigenvalue weighted by molar-refractivity contribution is -0.129. The summed E-state index contributed by atoms with van der Waals surface area (Å²) in [4.78, 5) is 13.9. The molecular weight excluding hydrogens is 323 g/mol. The van der Waals surface area contributed by atoms with Gasteiger partial charge in [0, 0.05) is 29.2 Å². The van der Waals surface area contributed by atoms with E-state index >= 15 is 0 Å². The van der Waals surface area contributed by atoms with E-state index in [4.69, 9.17) is 23.2 Å². The highest BCUT2D eigenvalue weighted by atomic mass is 35.5. The third-order valence-corrected chi connectivity index (χ3v) is 4.68. The van der Waals surface area contributed by atoms with Gasteiger partial charge in [-0.05, 0) is 36.6 Å². The fourth-order valence-corrected chi connectivity index (χ4v) is 3.48. The number of carbonyl (C=O) groups excluding carboxylic acids is 1. The number of carbonyl (C=O) groups is 1. The second-order valence-corrected chi connectivity index (χ2v) is 6.90. The molecular formula is C16H22Cl2N2O2. The summed E-state index contributed by atoms with van der Waals surface area (Å²) in [5.41, 5.74) is 0.613. The third-order valence-electron chi connectivity index (χ3n) is 4.25. The Labute approximate surface area is 141 Å². The molecule has 2 N–H and O–H groups in total. The van der Waals surface area contributed by atoms with Gasteiger partial charge in [0.2, 0.25) is 5.91 Å². The molecule has 2 rings (SSSR count). The second kappa shape index (κ2) is 7.64. The first kappa shape index (κ1) is 17.5. The predicted octanol–water partition coefficient (Wildman–Crippen LogP) is 2.85. The number of aliphatic hydroxyl groups excluding tert-OH is 1. The minimum atomic E-state index is -0.282. The highest BCUT2D eigenvalue weighted by Gasteiger charge is 2.33. The average molecular weight is 345 g/mol. The fourth-order valence-electron chi connectivity index (χ4n) is 2.90. The van der Waals surface area contributed by atoms with Crippen LogP contribution in [0.5, 0.6) is 0 Å². The molecule has 0 radical (unpaired) electrons. The molecule has 0 bridgehead atoms. The maximum Gasteiger partial charge on any atom is 0.236 e. The lowest BCUT2D eigenvalue weighted by Gasteiger charge is -2.29. The average Bonchev–Trinajstić information content (AvgIpc) is 2.93. The topological polar surface area (TPSA) is 52.6 Å². The summed E-state index contributed by atoms with van der Waals surface area (Å²) in [7, 11) is 1.75. The number of likely N-dealkylation sites (N-methyl/N-ethyl adjacent to an activating group) is 1. The molecule has 0 atom stereocenters. The van der Waals surface area contributed by atoms with Crippen LogP contribution in [0, 0.1) is 0 Å². The number of benzene rings is 1. The van der Waals surface area contributed by atoms with Gasteiger partial charge < -0.3 is 15.3 Å². The van der Waals surface area contributed by atoms with Crippen LogP contribution in [0.2, 0.25) is 10.0 Å². The van der Waals surface area contributed by atoms with Crippen LogP contribution in [0.25, 0.3) is 0 Å². The Morgan fingerprint density at radius 1 is 1.27 bits per heavy atom. The van der Waals surface area contributed by atoms with Crippen LogP contribution >= 0.6 is 23.2 Å². The highest BCUT2D eigenvalue weighted by Crippen LogP contribution is 2.28. The monoisotopic (exact) mass is 344 g/mol. The van der Waals surface area contributed by atoms with Gasteiger partial charge in [-0.3, -0.25) is 4.79 Å². The summed E-state index contributed by atoms with van der Waals surface area (Å²) in [6.45, 7) is 0.756. The Morgan fingerprint density at radius 3 is 2.41 bits per heavy atom. The van der Waals surface area contributed by atoms with E-state index in [0.29, 0.717) is 16.6 Å². The maximum absolute atomic E-state index is 12.2. The number of amides is 1. The van der Waals surface area contributed by atoms with E-state index < -0.39 is 0 Å². The normalized spacial score (nSPS) is 16.7. The smallest absolute Gasteiger partial charge is 0.236 e.